The second kappa shape index (κ2) is 5.92. The zero-order chi connectivity index (χ0) is 13.7. The van der Waals surface area contributed by atoms with E-state index in [0.29, 0.717) is 16.1 Å². The number of hydrogen-bond acceptors (Lipinski definition) is 4. The van der Waals surface area contributed by atoms with E-state index in [1.807, 2.05) is 0 Å². The molecule has 0 bridgehead atoms. The molecule has 0 aliphatic heterocycles. The maximum Gasteiger partial charge on any atom is 0.328 e. The first-order valence-corrected chi connectivity index (χ1v) is 6.24. The lowest BCUT2D eigenvalue weighted by atomic mass is 10.2. The van der Waals surface area contributed by atoms with Gasteiger partial charge in [-0.3, -0.25) is 9.78 Å². The highest BCUT2D eigenvalue weighted by molar-refractivity contribution is 7.12. The van der Waals surface area contributed by atoms with Crippen LogP contribution in [0.4, 0.5) is 5.69 Å². The molecule has 19 heavy (non-hydrogen) atoms. The molecule has 2 rings (SSSR count). The molecular weight excluding hydrogens is 264 g/mol. The third-order valence-corrected chi connectivity index (χ3v) is 3.16. The number of thiophene rings is 1. The van der Waals surface area contributed by atoms with Crippen molar-refractivity contribution in [1.29, 1.82) is 0 Å². The lowest BCUT2D eigenvalue weighted by Crippen LogP contribution is -2.11. The topological polar surface area (TPSA) is 79.3 Å². The van der Waals surface area contributed by atoms with Crippen LogP contribution in [0.3, 0.4) is 0 Å². The van der Waals surface area contributed by atoms with Crippen molar-refractivity contribution >= 4 is 35.0 Å². The van der Waals surface area contributed by atoms with Gasteiger partial charge < -0.3 is 10.4 Å². The van der Waals surface area contributed by atoms with Crippen LogP contribution in [0.1, 0.15) is 15.2 Å². The van der Waals surface area contributed by atoms with Crippen molar-refractivity contribution < 1.29 is 14.7 Å². The highest BCUT2D eigenvalue weighted by atomic mass is 32.1. The monoisotopic (exact) mass is 274 g/mol. The Hall–Kier alpha value is -2.47. The maximum atomic E-state index is 12.0. The van der Waals surface area contributed by atoms with Gasteiger partial charge in [-0.15, -0.1) is 11.3 Å². The van der Waals surface area contributed by atoms with Crippen LogP contribution in [0, 0.1) is 0 Å². The number of nitrogens with zero attached hydrogens (tertiary/aromatic N) is 1. The largest absolute Gasteiger partial charge is 0.478 e. The standard InChI is InChI=1S/C13H10N2O3S/c16-11(17)4-3-9-5-7-19-12(9)13(18)15-10-2-1-6-14-8-10/h1-8H,(H,15,18)(H,16,17). The van der Waals surface area contributed by atoms with Crippen LogP contribution in [-0.2, 0) is 4.79 Å². The van der Waals surface area contributed by atoms with Gasteiger partial charge in [0.05, 0.1) is 16.8 Å². The molecule has 0 atom stereocenters. The first-order valence-electron chi connectivity index (χ1n) is 5.36. The summed E-state index contributed by atoms with van der Waals surface area (Å²) < 4.78 is 0. The summed E-state index contributed by atoms with van der Waals surface area (Å²) in [4.78, 5) is 26.9. The van der Waals surface area contributed by atoms with Crippen molar-refractivity contribution in [3.8, 4) is 0 Å². The number of carbonyl (C=O) groups excluding carboxylic acids is 1. The van der Waals surface area contributed by atoms with Gasteiger partial charge in [0.1, 0.15) is 0 Å². The molecule has 0 fully saturated rings. The fourth-order valence-corrected chi connectivity index (χ4v) is 2.20. The van der Waals surface area contributed by atoms with Crippen molar-refractivity contribution in [2.45, 2.75) is 0 Å². The fourth-order valence-electron chi connectivity index (χ4n) is 1.42. The number of anilines is 1. The molecular formula is C13H10N2O3S. The molecule has 96 valence electrons. The summed E-state index contributed by atoms with van der Waals surface area (Å²) in [6.45, 7) is 0. The van der Waals surface area contributed by atoms with Gasteiger partial charge in [-0.05, 0) is 35.2 Å². The minimum atomic E-state index is -1.05. The number of carboxylic acids is 1. The van der Waals surface area contributed by atoms with Gasteiger partial charge in [-0.25, -0.2) is 4.79 Å². The quantitative estimate of drug-likeness (QED) is 0.839. The van der Waals surface area contributed by atoms with Gasteiger partial charge in [0.15, 0.2) is 0 Å². The summed E-state index contributed by atoms with van der Waals surface area (Å²) in [5, 5.41) is 13.0. The highest BCUT2D eigenvalue weighted by Gasteiger charge is 2.11. The van der Waals surface area contributed by atoms with Crippen LogP contribution < -0.4 is 5.32 Å². The van der Waals surface area contributed by atoms with E-state index in [2.05, 4.69) is 10.3 Å². The molecule has 0 aromatic carbocycles. The van der Waals surface area contributed by atoms with Gasteiger partial charge in [0.25, 0.3) is 5.91 Å². The van der Waals surface area contributed by atoms with E-state index in [9.17, 15) is 9.59 Å². The molecule has 2 N–H and O–H groups in total. The molecule has 0 radical (unpaired) electrons. The fraction of sp³-hybridized carbons (Fsp3) is 0. The van der Waals surface area contributed by atoms with Gasteiger partial charge >= 0.3 is 5.97 Å². The van der Waals surface area contributed by atoms with Crippen molar-refractivity contribution in [2.75, 3.05) is 5.32 Å². The van der Waals surface area contributed by atoms with Gasteiger partial charge in [0.2, 0.25) is 0 Å². The highest BCUT2D eigenvalue weighted by Crippen LogP contribution is 2.20. The van der Waals surface area contributed by atoms with Crippen LogP contribution in [-0.4, -0.2) is 22.0 Å². The summed E-state index contributed by atoms with van der Waals surface area (Å²) >= 11 is 1.25. The number of carboxylic acid groups (broad SMARTS) is 1. The predicted octanol–water partition coefficient (Wildman–Crippen LogP) is 2.49. The Morgan fingerprint density at radius 2 is 2.21 bits per heavy atom. The molecule has 2 aromatic heterocycles. The number of hydrogen-bond donors (Lipinski definition) is 2. The Kier molecular flexibility index (Phi) is 4.04. The van der Waals surface area contributed by atoms with Crippen LogP contribution in [0.2, 0.25) is 0 Å². The smallest absolute Gasteiger partial charge is 0.328 e. The maximum absolute atomic E-state index is 12.0. The molecule has 6 heteroatoms. The van der Waals surface area contributed by atoms with Crippen molar-refractivity contribution in [2.24, 2.45) is 0 Å². The van der Waals surface area contributed by atoms with Gasteiger partial charge in [0, 0.05) is 12.3 Å². The normalized spacial score (nSPS) is 10.5. The summed E-state index contributed by atoms with van der Waals surface area (Å²) in [6.07, 6.45) is 5.56. The second-order valence-electron chi connectivity index (χ2n) is 3.57. The number of nitrogens with one attached hydrogen (secondary N) is 1. The average molecular weight is 274 g/mol. The van der Waals surface area contributed by atoms with E-state index < -0.39 is 5.97 Å². The Morgan fingerprint density at radius 1 is 1.37 bits per heavy atom. The van der Waals surface area contributed by atoms with Crippen LogP contribution in [0.25, 0.3) is 6.08 Å². The molecule has 5 nitrogen and oxygen atoms in total. The molecule has 0 aliphatic rings. The van der Waals surface area contributed by atoms with E-state index in [-0.39, 0.29) is 5.91 Å². The molecule has 0 saturated heterocycles. The van der Waals surface area contributed by atoms with Gasteiger partial charge in [-0.2, -0.15) is 0 Å². The zero-order valence-corrected chi connectivity index (χ0v) is 10.6. The van der Waals surface area contributed by atoms with E-state index in [1.165, 1.54) is 23.6 Å². The summed E-state index contributed by atoms with van der Waals surface area (Å²) in [5.41, 5.74) is 1.17. The molecule has 1 amide bonds. The SMILES string of the molecule is O=C(O)C=Cc1ccsc1C(=O)Nc1cccnc1. The summed E-state index contributed by atoms with van der Waals surface area (Å²) in [6, 6.07) is 5.14. The van der Waals surface area contributed by atoms with E-state index >= 15 is 0 Å². The number of rotatable bonds is 4. The number of aliphatic carboxylic acids is 1. The summed E-state index contributed by atoms with van der Waals surface area (Å²) in [7, 11) is 0. The lowest BCUT2D eigenvalue weighted by molar-refractivity contribution is -0.131. The van der Waals surface area contributed by atoms with Crippen LogP contribution >= 0.6 is 11.3 Å². The third-order valence-electron chi connectivity index (χ3n) is 2.23. The van der Waals surface area contributed by atoms with E-state index in [4.69, 9.17) is 5.11 Å². The molecule has 2 heterocycles. The molecule has 0 spiro atoms. The molecule has 2 aromatic rings. The molecule has 0 saturated carbocycles. The third kappa shape index (κ3) is 3.49. The predicted molar refractivity (Wildman–Crippen MR) is 73.2 cm³/mol. The lowest BCUT2D eigenvalue weighted by Gasteiger charge is -2.03. The number of aromatic nitrogens is 1. The number of pyridine rings is 1. The van der Waals surface area contributed by atoms with Gasteiger partial charge in [-0.1, -0.05) is 0 Å². The summed E-state index contributed by atoms with van der Waals surface area (Å²) in [5.74, 6) is -1.34. The Bertz CT molecular complexity index is 620. The first-order chi connectivity index (χ1) is 9.16. The number of carbonyl (C=O) groups is 2. The Balaban J connectivity index is 2.16. The van der Waals surface area contributed by atoms with Crippen LogP contribution in [0.15, 0.2) is 42.0 Å². The van der Waals surface area contributed by atoms with E-state index in [1.54, 1.807) is 29.8 Å². The Labute approximate surface area is 113 Å². The molecule has 0 unspecified atom stereocenters. The Morgan fingerprint density at radius 3 is 2.89 bits per heavy atom. The van der Waals surface area contributed by atoms with E-state index in [0.717, 1.165) is 6.08 Å². The second-order valence-corrected chi connectivity index (χ2v) is 4.49. The minimum absolute atomic E-state index is 0.284. The van der Waals surface area contributed by atoms with Crippen molar-refractivity contribution in [1.82, 2.24) is 4.98 Å². The minimum Gasteiger partial charge on any atom is -0.478 e. The van der Waals surface area contributed by atoms with Crippen LogP contribution in [0.5, 0.6) is 0 Å². The van der Waals surface area contributed by atoms with Crippen molar-refractivity contribution in [3.63, 3.8) is 0 Å². The average Bonchev–Trinajstić information content (AvgIpc) is 2.86. The molecule has 0 aliphatic carbocycles. The number of amides is 1. The zero-order valence-electron chi connectivity index (χ0n) is 9.74. The van der Waals surface area contributed by atoms with Crippen molar-refractivity contribution in [3.05, 3.63) is 52.5 Å². The first kappa shape index (κ1) is 13.0.